The van der Waals surface area contributed by atoms with Gasteiger partial charge in [0, 0.05) is 6.61 Å². The molecule has 2 rings (SSSR count). The Kier molecular flexibility index (Phi) is 5.48. The minimum atomic E-state index is 0.132. The average Bonchev–Trinajstić information content (AvgIpc) is 2.46. The van der Waals surface area contributed by atoms with Gasteiger partial charge in [-0.15, -0.1) is 0 Å². The van der Waals surface area contributed by atoms with Crippen molar-refractivity contribution in [2.45, 2.75) is 31.8 Å². The number of benzene rings is 1. The topological polar surface area (TPSA) is 53.7 Å². The Labute approximate surface area is 114 Å². The molecule has 106 valence electrons. The first-order valence-electron chi connectivity index (χ1n) is 6.95. The molecule has 1 aliphatic heterocycles. The Morgan fingerprint density at radius 2 is 2.32 bits per heavy atom. The highest BCUT2D eigenvalue weighted by atomic mass is 16.5. The lowest BCUT2D eigenvalue weighted by atomic mass is 10.1. The molecular formula is C15H23NO3. The van der Waals surface area contributed by atoms with E-state index in [4.69, 9.17) is 19.9 Å². The van der Waals surface area contributed by atoms with Crippen molar-refractivity contribution in [3.05, 3.63) is 23.8 Å². The minimum Gasteiger partial charge on any atom is -0.493 e. The van der Waals surface area contributed by atoms with Gasteiger partial charge in [-0.05, 0) is 43.9 Å². The van der Waals surface area contributed by atoms with Crippen LogP contribution in [0.1, 0.15) is 24.8 Å². The number of ether oxygens (including phenoxy) is 3. The number of aryl methyl sites for hydroxylation is 1. The van der Waals surface area contributed by atoms with Gasteiger partial charge in [-0.2, -0.15) is 0 Å². The highest BCUT2D eigenvalue weighted by Gasteiger charge is 2.18. The molecule has 1 aliphatic rings. The molecule has 0 radical (unpaired) electrons. The van der Waals surface area contributed by atoms with Crippen molar-refractivity contribution in [1.82, 2.24) is 0 Å². The second kappa shape index (κ2) is 7.36. The number of hydrogen-bond acceptors (Lipinski definition) is 4. The summed E-state index contributed by atoms with van der Waals surface area (Å²) >= 11 is 0. The van der Waals surface area contributed by atoms with Crippen LogP contribution in [-0.4, -0.2) is 33.0 Å². The molecule has 0 aliphatic carbocycles. The Bertz CT molecular complexity index is 389. The summed E-state index contributed by atoms with van der Waals surface area (Å²) in [6.07, 6.45) is 4.09. The maximum atomic E-state index is 6.02. The number of rotatable bonds is 6. The summed E-state index contributed by atoms with van der Waals surface area (Å²) in [4.78, 5) is 0. The van der Waals surface area contributed by atoms with E-state index in [2.05, 4.69) is 6.07 Å². The van der Waals surface area contributed by atoms with Crippen molar-refractivity contribution in [1.29, 1.82) is 0 Å². The van der Waals surface area contributed by atoms with Crippen LogP contribution in [0.4, 0.5) is 0 Å². The Morgan fingerprint density at radius 1 is 1.42 bits per heavy atom. The van der Waals surface area contributed by atoms with Gasteiger partial charge in [-0.1, -0.05) is 12.1 Å². The largest absolute Gasteiger partial charge is 0.493 e. The molecule has 0 saturated carbocycles. The lowest BCUT2D eigenvalue weighted by molar-refractivity contribution is 0.00639. The Balaban J connectivity index is 2.09. The van der Waals surface area contributed by atoms with E-state index < -0.39 is 0 Å². The number of nitrogens with two attached hydrogens (primary N) is 1. The number of hydrogen-bond donors (Lipinski definition) is 1. The number of para-hydroxylation sites is 1. The van der Waals surface area contributed by atoms with Crippen LogP contribution in [0.25, 0.3) is 0 Å². The smallest absolute Gasteiger partial charge is 0.163 e. The number of methoxy groups -OCH3 is 1. The highest BCUT2D eigenvalue weighted by Crippen LogP contribution is 2.33. The molecule has 1 aromatic carbocycles. The van der Waals surface area contributed by atoms with E-state index in [0.29, 0.717) is 13.2 Å². The zero-order valence-electron chi connectivity index (χ0n) is 11.6. The van der Waals surface area contributed by atoms with Crippen LogP contribution in [0.15, 0.2) is 18.2 Å². The molecule has 1 saturated heterocycles. The summed E-state index contributed by atoms with van der Waals surface area (Å²) in [7, 11) is 1.69. The lowest BCUT2D eigenvalue weighted by Gasteiger charge is -2.24. The van der Waals surface area contributed by atoms with E-state index in [0.717, 1.165) is 49.4 Å². The third-order valence-electron chi connectivity index (χ3n) is 3.33. The van der Waals surface area contributed by atoms with Gasteiger partial charge in [0.2, 0.25) is 0 Å². The first-order valence-corrected chi connectivity index (χ1v) is 6.95. The molecule has 1 unspecified atom stereocenters. The average molecular weight is 265 g/mol. The molecule has 4 heteroatoms. The lowest BCUT2D eigenvalue weighted by Crippen LogP contribution is -2.28. The molecule has 1 aromatic rings. The fraction of sp³-hybridized carbons (Fsp3) is 0.600. The molecule has 1 atom stereocenters. The van der Waals surface area contributed by atoms with Crippen molar-refractivity contribution in [3.8, 4) is 11.5 Å². The quantitative estimate of drug-likeness (QED) is 0.856. The van der Waals surface area contributed by atoms with Crippen molar-refractivity contribution in [2.75, 3.05) is 26.9 Å². The SMILES string of the molecule is COc1c(CCCN)cccc1OC1CCCOC1. The van der Waals surface area contributed by atoms with Crippen LogP contribution >= 0.6 is 0 Å². The normalized spacial score (nSPS) is 19.2. The summed E-state index contributed by atoms with van der Waals surface area (Å²) in [5.74, 6) is 1.65. The van der Waals surface area contributed by atoms with Gasteiger partial charge in [0.25, 0.3) is 0 Å². The van der Waals surface area contributed by atoms with Crippen molar-refractivity contribution < 1.29 is 14.2 Å². The maximum absolute atomic E-state index is 6.02. The van der Waals surface area contributed by atoms with Crippen LogP contribution in [0.5, 0.6) is 11.5 Å². The van der Waals surface area contributed by atoms with Gasteiger partial charge < -0.3 is 19.9 Å². The standard InChI is InChI=1S/C15H23NO3/c1-17-15-12(6-3-9-16)5-2-8-14(15)19-13-7-4-10-18-11-13/h2,5,8,13H,3-4,6-7,9-11,16H2,1H3. The van der Waals surface area contributed by atoms with Gasteiger partial charge in [0.15, 0.2) is 11.5 Å². The van der Waals surface area contributed by atoms with Crippen LogP contribution < -0.4 is 15.2 Å². The van der Waals surface area contributed by atoms with Crippen molar-refractivity contribution in [3.63, 3.8) is 0 Å². The van der Waals surface area contributed by atoms with Crippen LogP contribution in [0.2, 0.25) is 0 Å². The van der Waals surface area contributed by atoms with Gasteiger partial charge in [-0.3, -0.25) is 0 Å². The molecular weight excluding hydrogens is 242 g/mol. The second-order valence-corrected chi connectivity index (χ2v) is 4.80. The Hall–Kier alpha value is -1.26. The third-order valence-corrected chi connectivity index (χ3v) is 3.33. The fourth-order valence-electron chi connectivity index (χ4n) is 2.36. The summed E-state index contributed by atoms with van der Waals surface area (Å²) in [5, 5.41) is 0. The van der Waals surface area contributed by atoms with Gasteiger partial charge in [-0.25, -0.2) is 0 Å². The molecule has 1 fully saturated rings. The molecule has 0 spiro atoms. The molecule has 2 N–H and O–H groups in total. The van der Waals surface area contributed by atoms with E-state index in [-0.39, 0.29) is 6.10 Å². The van der Waals surface area contributed by atoms with E-state index in [1.807, 2.05) is 12.1 Å². The van der Waals surface area contributed by atoms with E-state index >= 15 is 0 Å². The van der Waals surface area contributed by atoms with Crippen molar-refractivity contribution >= 4 is 0 Å². The van der Waals surface area contributed by atoms with Gasteiger partial charge in [0.1, 0.15) is 6.10 Å². The zero-order valence-corrected chi connectivity index (χ0v) is 11.6. The zero-order chi connectivity index (χ0) is 13.5. The van der Waals surface area contributed by atoms with Crippen molar-refractivity contribution in [2.24, 2.45) is 5.73 Å². The van der Waals surface area contributed by atoms with Gasteiger partial charge in [0.05, 0.1) is 13.7 Å². The maximum Gasteiger partial charge on any atom is 0.163 e. The summed E-state index contributed by atoms with van der Waals surface area (Å²) in [5.41, 5.74) is 6.72. The summed E-state index contributed by atoms with van der Waals surface area (Å²) in [6, 6.07) is 6.03. The second-order valence-electron chi connectivity index (χ2n) is 4.80. The Morgan fingerprint density at radius 3 is 3.00 bits per heavy atom. The molecule has 0 bridgehead atoms. The van der Waals surface area contributed by atoms with Crippen LogP contribution in [0, 0.1) is 0 Å². The highest BCUT2D eigenvalue weighted by molar-refractivity contribution is 5.46. The predicted molar refractivity (Wildman–Crippen MR) is 74.8 cm³/mol. The molecule has 19 heavy (non-hydrogen) atoms. The molecule has 4 nitrogen and oxygen atoms in total. The molecule has 0 aromatic heterocycles. The first-order chi connectivity index (χ1) is 9.35. The monoisotopic (exact) mass is 265 g/mol. The fourth-order valence-corrected chi connectivity index (χ4v) is 2.36. The molecule has 0 amide bonds. The van der Waals surface area contributed by atoms with Crippen LogP contribution in [-0.2, 0) is 11.2 Å². The predicted octanol–water partition coefficient (Wildman–Crippen LogP) is 2.14. The van der Waals surface area contributed by atoms with Gasteiger partial charge >= 0.3 is 0 Å². The molecule has 1 heterocycles. The van der Waals surface area contributed by atoms with E-state index in [1.165, 1.54) is 0 Å². The minimum absolute atomic E-state index is 0.132. The summed E-state index contributed by atoms with van der Waals surface area (Å²) in [6.45, 7) is 2.19. The van der Waals surface area contributed by atoms with E-state index in [1.54, 1.807) is 7.11 Å². The van der Waals surface area contributed by atoms with E-state index in [9.17, 15) is 0 Å². The summed E-state index contributed by atoms with van der Waals surface area (Å²) < 4.78 is 17.0. The first kappa shape index (κ1) is 14.2. The third kappa shape index (κ3) is 3.85. The van der Waals surface area contributed by atoms with Crippen LogP contribution in [0.3, 0.4) is 0 Å².